The third kappa shape index (κ3) is 4.59. The van der Waals surface area contributed by atoms with Gasteiger partial charge in [0.05, 0.1) is 0 Å². The number of anilines is 2. The lowest BCUT2D eigenvalue weighted by Gasteiger charge is -2.13. The third-order valence-electron chi connectivity index (χ3n) is 4.19. The molecule has 0 aliphatic heterocycles. The first-order valence-electron chi connectivity index (χ1n) is 8.87. The van der Waals surface area contributed by atoms with Crippen LogP contribution >= 0.6 is 0 Å². The van der Waals surface area contributed by atoms with Gasteiger partial charge in [-0.15, -0.1) is 0 Å². The average Bonchev–Trinajstić information content (AvgIpc) is 2.70. The summed E-state index contributed by atoms with van der Waals surface area (Å²) in [6.45, 7) is 4.10. The lowest BCUT2D eigenvalue weighted by molar-refractivity contribution is 0.102. The van der Waals surface area contributed by atoms with E-state index in [9.17, 15) is 14.0 Å². The van der Waals surface area contributed by atoms with Crippen LogP contribution in [0, 0.1) is 5.82 Å². The number of hydrogen-bond donors (Lipinski definition) is 2. The van der Waals surface area contributed by atoms with Gasteiger partial charge in [-0.05, 0) is 53.9 Å². The number of pyridine rings is 1. The number of carbonyl (C=O) groups excluding carboxylic acids is 2. The van der Waals surface area contributed by atoms with Crippen molar-refractivity contribution in [3.8, 4) is 0 Å². The number of benzene rings is 2. The van der Waals surface area contributed by atoms with Crippen LogP contribution in [0.25, 0.3) is 0 Å². The lowest BCUT2D eigenvalue weighted by Crippen LogP contribution is -2.17. The number of para-hydroxylation sites is 1. The molecule has 0 fully saturated rings. The molecule has 1 aromatic heterocycles. The first kappa shape index (κ1) is 19.2. The van der Waals surface area contributed by atoms with E-state index in [4.69, 9.17) is 0 Å². The van der Waals surface area contributed by atoms with E-state index >= 15 is 0 Å². The fraction of sp³-hybridized carbons (Fsp3) is 0.136. The number of hydrogen-bond acceptors (Lipinski definition) is 3. The summed E-state index contributed by atoms with van der Waals surface area (Å²) in [4.78, 5) is 29.0. The maximum Gasteiger partial charge on any atom is 0.274 e. The van der Waals surface area contributed by atoms with Gasteiger partial charge < -0.3 is 10.6 Å². The molecule has 0 atom stereocenters. The van der Waals surface area contributed by atoms with Gasteiger partial charge in [0, 0.05) is 23.1 Å². The maximum atomic E-state index is 13.0. The minimum atomic E-state index is -0.483. The van der Waals surface area contributed by atoms with Crippen LogP contribution in [0.1, 0.15) is 46.2 Å². The molecule has 3 rings (SSSR count). The normalized spacial score (nSPS) is 10.6. The Kier molecular flexibility index (Phi) is 5.79. The molecule has 1 heterocycles. The van der Waals surface area contributed by atoms with Crippen molar-refractivity contribution in [3.63, 3.8) is 0 Å². The predicted molar refractivity (Wildman–Crippen MR) is 107 cm³/mol. The fourth-order valence-electron chi connectivity index (χ4n) is 2.73. The van der Waals surface area contributed by atoms with Crippen LogP contribution in [0.2, 0.25) is 0 Å². The van der Waals surface area contributed by atoms with Crippen molar-refractivity contribution in [2.24, 2.45) is 0 Å². The van der Waals surface area contributed by atoms with Gasteiger partial charge in [0.25, 0.3) is 11.8 Å². The first-order valence-corrected chi connectivity index (χ1v) is 8.87. The summed E-state index contributed by atoms with van der Waals surface area (Å²) in [5.74, 6) is -0.947. The van der Waals surface area contributed by atoms with Gasteiger partial charge in [-0.3, -0.25) is 14.6 Å². The molecule has 0 aliphatic rings. The highest BCUT2D eigenvalue weighted by atomic mass is 19.1. The molecule has 28 heavy (non-hydrogen) atoms. The summed E-state index contributed by atoms with van der Waals surface area (Å²) < 4.78 is 13.0. The van der Waals surface area contributed by atoms with Gasteiger partial charge in [-0.2, -0.15) is 0 Å². The van der Waals surface area contributed by atoms with E-state index < -0.39 is 11.7 Å². The standard InChI is InChI=1S/C22H20FN3O2/c1-14(2)18-5-3-4-6-19(18)26-21(27)15-11-12-24-20(13-15)22(28)25-17-9-7-16(23)8-10-17/h3-14H,1-2H3,(H,25,28)(H,26,27). The summed E-state index contributed by atoms with van der Waals surface area (Å²) in [6, 6.07) is 16.0. The van der Waals surface area contributed by atoms with Gasteiger partial charge in [-0.1, -0.05) is 32.0 Å². The molecule has 0 unspecified atom stereocenters. The van der Waals surface area contributed by atoms with Gasteiger partial charge in [0.2, 0.25) is 0 Å². The Hall–Kier alpha value is -3.54. The molecule has 142 valence electrons. The zero-order chi connectivity index (χ0) is 20.1. The zero-order valence-electron chi connectivity index (χ0n) is 15.6. The van der Waals surface area contributed by atoms with E-state index in [0.717, 1.165) is 11.3 Å². The van der Waals surface area contributed by atoms with E-state index in [1.807, 2.05) is 24.3 Å². The van der Waals surface area contributed by atoms with Gasteiger partial charge in [0.1, 0.15) is 11.5 Å². The Balaban J connectivity index is 1.76. The van der Waals surface area contributed by atoms with Crippen molar-refractivity contribution < 1.29 is 14.0 Å². The van der Waals surface area contributed by atoms with Gasteiger partial charge >= 0.3 is 0 Å². The summed E-state index contributed by atoms with van der Waals surface area (Å²) in [6.07, 6.45) is 1.41. The van der Waals surface area contributed by atoms with E-state index in [2.05, 4.69) is 29.5 Å². The van der Waals surface area contributed by atoms with Crippen molar-refractivity contribution in [2.45, 2.75) is 19.8 Å². The Morgan fingerprint density at radius 3 is 2.36 bits per heavy atom. The topological polar surface area (TPSA) is 71.1 Å². The molecule has 6 heteroatoms. The monoisotopic (exact) mass is 377 g/mol. The second-order valence-corrected chi connectivity index (χ2v) is 6.59. The van der Waals surface area contributed by atoms with Crippen LogP contribution in [0.4, 0.5) is 15.8 Å². The zero-order valence-corrected chi connectivity index (χ0v) is 15.6. The largest absolute Gasteiger partial charge is 0.322 e. The fourth-order valence-corrected chi connectivity index (χ4v) is 2.73. The van der Waals surface area contributed by atoms with Crippen molar-refractivity contribution >= 4 is 23.2 Å². The van der Waals surface area contributed by atoms with E-state index in [1.165, 1.54) is 36.5 Å². The molecule has 2 amide bonds. The third-order valence-corrected chi connectivity index (χ3v) is 4.19. The van der Waals surface area contributed by atoms with Crippen molar-refractivity contribution in [3.05, 3.63) is 89.5 Å². The Morgan fingerprint density at radius 1 is 0.929 bits per heavy atom. The smallest absolute Gasteiger partial charge is 0.274 e. The van der Waals surface area contributed by atoms with Crippen LogP contribution < -0.4 is 10.6 Å². The van der Waals surface area contributed by atoms with Crippen LogP contribution in [-0.2, 0) is 0 Å². The van der Waals surface area contributed by atoms with Crippen LogP contribution in [0.3, 0.4) is 0 Å². The summed E-state index contributed by atoms with van der Waals surface area (Å²) >= 11 is 0. The highest BCUT2D eigenvalue weighted by Gasteiger charge is 2.14. The highest BCUT2D eigenvalue weighted by Crippen LogP contribution is 2.24. The molecule has 0 spiro atoms. The Morgan fingerprint density at radius 2 is 1.64 bits per heavy atom. The maximum absolute atomic E-state index is 13.0. The van der Waals surface area contributed by atoms with Crippen molar-refractivity contribution in [1.82, 2.24) is 4.98 Å². The number of carbonyl (C=O) groups is 2. The molecule has 0 saturated heterocycles. The molecule has 2 N–H and O–H groups in total. The quantitative estimate of drug-likeness (QED) is 0.668. The SMILES string of the molecule is CC(C)c1ccccc1NC(=O)c1ccnc(C(=O)Nc2ccc(F)cc2)c1. The summed E-state index contributed by atoms with van der Waals surface area (Å²) in [7, 11) is 0. The molecule has 0 bridgehead atoms. The highest BCUT2D eigenvalue weighted by molar-refractivity contribution is 6.08. The molecule has 0 saturated carbocycles. The second kappa shape index (κ2) is 8.43. The second-order valence-electron chi connectivity index (χ2n) is 6.59. The van der Waals surface area contributed by atoms with Gasteiger partial charge in [-0.25, -0.2) is 4.39 Å². The van der Waals surface area contributed by atoms with E-state index in [0.29, 0.717) is 11.3 Å². The molecule has 0 radical (unpaired) electrons. The number of amides is 2. The number of halogens is 1. The average molecular weight is 377 g/mol. The van der Waals surface area contributed by atoms with Gasteiger partial charge in [0.15, 0.2) is 0 Å². The minimum Gasteiger partial charge on any atom is -0.322 e. The first-order chi connectivity index (χ1) is 13.4. The molecule has 0 aliphatic carbocycles. The summed E-state index contributed by atoms with van der Waals surface area (Å²) in [5, 5.41) is 5.52. The predicted octanol–water partition coefficient (Wildman–Crippen LogP) is 4.85. The van der Waals surface area contributed by atoms with E-state index in [1.54, 1.807) is 6.07 Å². The van der Waals surface area contributed by atoms with E-state index in [-0.39, 0.29) is 17.5 Å². The Labute approximate surface area is 162 Å². The van der Waals surface area contributed by atoms with Crippen LogP contribution in [-0.4, -0.2) is 16.8 Å². The van der Waals surface area contributed by atoms with Crippen LogP contribution in [0.5, 0.6) is 0 Å². The molecule has 5 nitrogen and oxygen atoms in total. The number of rotatable bonds is 5. The van der Waals surface area contributed by atoms with Crippen molar-refractivity contribution in [1.29, 1.82) is 0 Å². The number of nitrogens with zero attached hydrogens (tertiary/aromatic N) is 1. The Bertz CT molecular complexity index is 1000. The number of nitrogens with one attached hydrogen (secondary N) is 2. The lowest BCUT2D eigenvalue weighted by atomic mass is 10.0. The minimum absolute atomic E-state index is 0.0918. The molecule has 2 aromatic carbocycles. The number of aromatic nitrogens is 1. The summed E-state index contributed by atoms with van der Waals surface area (Å²) in [5.41, 5.74) is 2.61. The molecule has 3 aromatic rings. The molecular formula is C22H20FN3O2. The van der Waals surface area contributed by atoms with Crippen molar-refractivity contribution in [2.75, 3.05) is 10.6 Å². The van der Waals surface area contributed by atoms with Crippen LogP contribution in [0.15, 0.2) is 66.9 Å². The molecular weight excluding hydrogens is 357 g/mol.